The molecule has 22 heavy (non-hydrogen) atoms. The van der Waals surface area contributed by atoms with Gasteiger partial charge in [-0.25, -0.2) is 13.1 Å². The fourth-order valence-corrected chi connectivity index (χ4v) is 3.21. The van der Waals surface area contributed by atoms with E-state index in [-0.39, 0.29) is 23.0 Å². The number of hydrogen-bond acceptors (Lipinski definition) is 3. The third-order valence-corrected chi connectivity index (χ3v) is 4.65. The fourth-order valence-electron chi connectivity index (χ4n) is 1.67. The van der Waals surface area contributed by atoms with Crippen LogP contribution in [-0.2, 0) is 22.7 Å². The average Bonchev–Trinajstić information content (AvgIpc) is 2.87. The lowest BCUT2D eigenvalue weighted by atomic mass is 10.4. The van der Waals surface area contributed by atoms with Gasteiger partial charge in [0.25, 0.3) is 0 Å². The number of rotatable bonds is 5. The van der Waals surface area contributed by atoms with E-state index in [0.29, 0.717) is 0 Å². The SMILES string of the molecule is O=S(=O)(NCCn1ccc(C(F)(F)F)n1)c1ccccc1Cl. The number of hydrogen-bond donors (Lipinski definition) is 1. The molecule has 0 radical (unpaired) electrons. The molecule has 0 saturated carbocycles. The summed E-state index contributed by atoms with van der Waals surface area (Å²) in [6.07, 6.45) is -3.39. The van der Waals surface area contributed by atoms with Crippen LogP contribution in [0.3, 0.4) is 0 Å². The lowest BCUT2D eigenvalue weighted by Crippen LogP contribution is -2.28. The van der Waals surface area contributed by atoms with Gasteiger partial charge in [0.05, 0.1) is 11.6 Å². The van der Waals surface area contributed by atoms with Crippen LogP contribution in [0.2, 0.25) is 5.02 Å². The van der Waals surface area contributed by atoms with Crippen molar-refractivity contribution in [2.45, 2.75) is 17.6 Å². The van der Waals surface area contributed by atoms with Gasteiger partial charge in [0.1, 0.15) is 4.90 Å². The van der Waals surface area contributed by atoms with Crippen LogP contribution in [0.5, 0.6) is 0 Å². The number of halogens is 4. The van der Waals surface area contributed by atoms with Crippen molar-refractivity contribution in [3.8, 4) is 0 Å². The van der Waals surface area contributed by atoms with Crippen molar-refractivity contribution in [2.24, 2.45) is 0 Å². The van der Waals surface area contributed by atoms with Crippen LogP contribution in [-0.4, -0.2) is 24.7 Å². The second-order valence-corrected chi connectivity index (χ2v) is 6.43. The Morgan fingerprint density at radius 1 is 1.23 bits per heavy atom. The molecular weight excluding hydrogens is 343 g/mol. The van der Waals surface area contributed by atoms with E-state index >= 15 is 0 Å². The highest BCUT2D eigenvalue weighted by molar-refractivity contribution is 7.89. The minimum atomic E-state index is -4.53. The van der Waals surface area contributed by atoms with Gasteiger partial charge in [-0.3, -0.25) is 4.68 Å². The maximum absolute atomic E-state index is 12.4. The molecular formula is C12H11ClF3N3O2S. The van der Waals surface area contributed by atoms with Crippen molar-refractivity contribution < 1.29 is 21.6 Å². The predicted molar refractivity (Wildman–Crippen MR) is 73.9 cm³/mol. The zero-order valence-electron chi connectivity index (χ0n) is 11.0. The molecule has 10 heteroatoms. The zero-order valence-corrected chi connectivity index (χ0v) is 12.6. The summed E-state index contributed by atoms with van der Waals surface area (Å²) in [5, 5.41) is 3.39. The summed E-state index contributed by atoms with van der Waals surface area (Å²) in [7, 11) is -3.83. The summed E-state index contributed by atoms with van der Waals surface area (Å²) in [6.45, 7) is -0.160. The fraction of sp³-hybridized carbons (Fsp3) is 0.250. The van der Waals surface area contributed by atoms with Crippen molar-refractivity contribution in [3.05, 3.63) is 47.2 Å². The number of nitrogens with one attached hydrogen (secondary N) is 1. The van der Waals surface area contributed by atoms with E-state index in [0.717, 1.165) is 16.9 Å². The monoisotopic (exact) mass is 353 g/mol. The standard InChI is InChI=1S/C12H11ClF3N3O2S/c13-9-3-1-2-4-10(9)22(20,21)17-6-8-19-7-5-11(18-19)12(14,15)16/h1-5,7,17H,6,8H2. The van der Waals surface area contributed by atoms with Crippen molar-refractivity contribution in [1.82, 2.24) is 14.5 Å². The van der Waals surface area contributed by atoms with Crippen LogP contribution in [0.4, 0.5) is 13.2 Å². The summed E-state index contributed by atoms with van der Waals surface area (Å²) in [5.74, 6) is 0. The molecule has 1 aromatic heterocycles. The number of aromatic nitrogens is 2. The van der Waals surface area contributed by atoms with Crippen molar-refractivity contribution in [3.63, 3.8) is 0 Å². The third kappa shape index (κ3) is 3.99. The normalized spacial score (nSPS) is 12.5. The molecule has 1 heterocycles. The summed E-state index contributed by atoms with van der Waals surface area (Å²) in [5.41, 5.74) is -1.03. The Morgan fingerprint density at radius 3 is 2.50 bits per heavy atom. The highest BCUT2D eigenvalue weighted by Crippen LogP contribution is 2.27. The maximum atomic E-state index is 12.4. The van der Waals surface area contributed by atoms with E-state index < -0.39 is 21.9 Å². The molecule has 0 aliphatic heterocycles. The Hall–Kier alpha value is -1.58. The Morgan fingerprint density at radius 2 is 1.91 bits per heavy atom. The molecule has 0 atom stereocenters. The van der Waals surface area contributed by atoms with E-state index in [2.05, 4.69) is 9.82 Å². The quantitative estimate of drug-likeness (QED) is 0.898. The second-order valence-electron chi connectivity index (χ2n) is 4.29. The molecule has 2 rings (SSSR count). The van der Waals surface area contributed by atoms with Gasteiger partial charge in [-0.05, 0) is 18.2 Å². The lowest BCUT2D eigenvalue weighted by molar-refractivity contribution is -0.141. The zero-order chi connectivity index (χ0) is 16.4. The van der Waals surface area contributed by atoms with Crippen LogP contribution in [0.15, 0.2) is 41.4 Å². The van der Waals surface area contributed by atoms with E-state index in [4.69, 9.17) is 11.6 Å². The largest absolute Gasteiger partial charge is 0.435 e. The van der Waals surface area contributed by atoms with Gasteiger partial charge >= 0.3 is 6.18 Å². The number of alkyl halides is 3. The molecule has 0 amide bonds. The molecule has 0 aliphatic carbocycles. The molecule has 0 aliphatic rings. The van der Waals surface area contributed by atoms with E-state index in [1.165, 1.54) is 18.2 Å². The van der Waals surface area contributed by atoms with Gasteiger partial charge in [0, 0.05) is 12.7 Å². The summed E-state index contributed by atoms with van der Waals surface area (Å²) in [6, 6.07) is 6.69. The molecule has 5 nitrogen and oxygen atoms in total. The van der Waals surface area contributed by atoms with Crippen LogP contribution in [0.25, 0.3) is 0 Å². The van der Waals surface area contributed by atoms with E-state index in [1.807, 2.05) is 0 Å². The first-order valence-corrected chi connectivity index (χ1v) is 7.91. The van der Waals surface area contributed by atoms with Crippen LogP contribution < -0.4 is 4.72 Å². The predicted octanol–water partition coefficient (Wildman–Crippen LogP) is 2.53. The second kappa shape index (κ2) is 6.27. The first-order chi connectivity index (χ1) is 10.2. The number of sulfonamides is 1. The Kier molecular flexibility index (Phi) is 4.78. The number of benzene rings is 1. The Balaban J connectivity index is 1.99. The summed E-state index contributed by atoms with van der Waals surface area (Å²) >= 11 is 5.80. The first-order valence-electron chi connectivity index (χ1n) is 6.05. The smallest absolute Gasteiger partial charge is 0.271 e. The Bertz CT molecular complexity index is 759. The minimum absolute atomic E-state index is 0.0419. The molecule has 0 saturated heterocycles. The van der Waals surface area contributed by atoms with Gasteiger partial charge in [-0.1, -0.05) is 23.7 Å². The molecule has 120 valence electrons. The molecule has 1 N–H and O–H groups in total. The van der Waals surface area contributed by atoms with Gasteiger partial charge in [0.15, 0.2) is 5.69 Å². The summed E-state index contributed by atoms with van der Waals surface area (Å²) in [4.78, 5) is -0.0897. The van der Waals surface area contributed by atoms with Gasteiger partial charge in [0.2, 0.25) is 10.0 Å². The van der Waals surface area contributed by atoms with Crippen molar-refractivity contribution in [2.75, 3.05) is 6.54 Å². The number of nitrogens with zero attached hydrogens (tertiary/aromatic N) is 2. The van der Waals surface area contributed by atoms with E-state index in [9.17, 15) is 21.6 Å². The van der Waals surface area contributed by atoms with Gasteiger partial charge < -0.3 is 0 Å². The van der Waals surface area contributed by atoms with Gasteiger partial charge in [-0.2, -0.15) is 18.3 Å². The molecule has 1 aromatic carbocycles. The molecule has 2 aromatic rings. The summed E-state index contributed by atoms with van der Waals surface area (Å²) < 4.78 is 64.4. The first kappa shape index (κ1) is 16.8. The maximum Gasteiger partial charge on any atom is 0.435 e. The molecule has 0 unspecified atom stereocenters. The Labute approximate surface area is 129 Å². The lowest BCUT2D eigenvalue weighted by Gasteiger charge is -2.08. The molecule has 0 fully saturated rings. The highest BCUT2D eigenvalue weighted by atomic mass is 35.5. The average molecular weight is 354 g/mol. The third-order valence-electron chi connectivity index (χ3n) is 2.69. The van der Waals surface area contributed by atoms with Gasteiger partial charge in [-0.15, -0.1) is 0 Å². The molecule has 0 spiro atoms. The topological polar surface area (TPSA) is 64.0 Å². The van der Waals surface area contributed by atoms with Crippen molar-refractivity contribution in [1.29, 1.82) is 0 Å². The van der Waals surface area contributed by atoms with E-state index in [1.54, 1.807) is 6.07 Å². The van der Waals surface area contributed by atoms with Crippen LogP contribution >= 0.6 is 11.6 Å². The van der Waals surface area contributed by atoms with Crippen LogP contribution in [0, 0.1) is 0 Å². The molecule has 0 bridgehead atoms. The van der Waals surface area contributed by atoms with Crippen LogP contribution in [0.1, 0.15) is 5.69 Å². The minimum Gasteiger partial charge on any atom is -0.271 e. The highest BCUT2D eigenvalue weighted by Gasteiger charge is 2.33. The van der Waals surface area contributed by atoms with Crippen molar-refractivity contribution >= 4 is 21.6 Å².